The van der Waals surface area contributed by atoms with Crippen LogP contribution in [0.4, 0.5) is 17.1 Å². The standard InChI is InChI=1S/C21H24ClN3O5/c1-3-30-20-13-18(25(27)28)15(12-19(20)29-2)21(26)23-16-11-14(22)7-8-17(16)24-9-5-4-6-10-24/h7-8,11-13H,3-6,9-10H2,1-2H3,(H,23,26). The smallest absolute Gasteiger partial charge is 0.286 e. The van der Waals surface area contributed by atoms with Crippen LogP contribution >= 0.6 is 11.6 Å². The van der Waals surface area contributed by atoms with Crippen LogP contribution in [0.2, 0.25) is 5.02 Å². The van der Waals surface area contributed by atoms with Gasteiger partial charge in [0.15, 0.2) is 11.5 Å². The highest BCUT2D eigenvalue weighted by Gasteiger charge is 2.26. The van der Waals surface area contributed by atoms with Gasteiger partial charge in [-0.3, -0.25) is 14.9 Å². The van der Waals surface area contributed by atoms with Crippen LogP contribution in [0.1, 0.15) is 36.5 Å². The van der Waals surface area contributed by atoms with Gasteiger partial charge < -0.3 is 19.7 Å². The summed E-state index contributed by atoms with van der Waals surface area (Å²) < 4.78 is 10.7. The van der Waals surface area contributed by atoms with Crippen LogP contribution < -0.4 is 19.7 Å². The molecule has 1 fully saturated rings. The van der Waals surface area contributed by atoms with Crippen molar-refractivity contribution in [2.45, 2.75) is 26.2 Å². The predicted octanol–water partition coefficient (Wildman–Crippen LogP) is 4.90. The summed E-state index contributed by atoms with van der Waals surface area (Å²) in [4.78, 5) is 26.2. The lowest BCUT2D eigenvalue weighted by atomic mass is 10.1. The molecule has 1 aliphatic rings. The number of hydrogen-bond acceptors (Lipinski definition) is 6. The second kappa shape index (κ2) is 9.67. The van der Waals surface area contributed by atoms with E-state index in [1.165, 1.54) is 25.7 Å². The third-order valence-corrected chi connectivity index (χ3v) is 5.16. The van der Waals surface area contributed by atoms with Crippen molar-refractivity contribution in [3.63, 3.8) is 0 Å². The molecule has 1 heterocycles. The fourth-order valence-corrected chi connectivity index (χ4v) is 3.69. The lowest BCUT2D eigenvalue weighted by Gasteiger charge is -2.30. The number of hydrogen-bond donors (Lipinski definition) is 1. The van der Waals surface area contributed by atoms with Gasteiger partial charge in [-0.25, -0.2) is 0 Å². The summed E-state index contributed by atoms with van der Waals surface area (Å²) in [6, 6.07) is 7.81. The molecule has 1 N–H and O–H groups in total. The minimum Gasteiger partial charge on any atom is -0.493 e. The molecule has 0 unspecified atom stereocenters. The average Bonchev–Trinajstić information content (AvgIpc) is 2.74. The third kappa shape index (κ3) is 4.76. The first-order valence-corrected chi connectivity index (χ1v) is 10.2. The fraction of sp³-hybridized carbons (Fsp3) is 0.381. The Hall–Kier alpha value is -3.00. The molecule has 0 saturated carbocycles. The molecule has 0 spiro atoms. The molecule has 1 amide bonds. The Bertz CT molecular complexity index is 944. The van der Waals surface area contributed by atoms with E-state index in [2.05, 4.69) is 10.2 Å². The molecule has 9 heteroatoms. The van der Waals surface area contributed by atoms with Crippen LogP contribution in [0.3, 0.4) is 0 Å². The van der Waals surface area contributed by atoms with Gasteiger partial charge in [0.05, 0.1) is 36.1 Å². The normalized spacial score (nSPS) is 13.6. The molecule has 8 nitrogen and oxygen atoms in total. The van der Waals surface area contributed by atoms with Crippen LogP contribution in [0, 0.1) is 10.1 Å². The summed E-state index contributed by atoms with van der Waals surface area (Å²) in [7, 11) is 1.41. The first-order valence-electron chi connectivity index (χ1n) is 9.79. The highest BCUT2D eigenvalue weighted by molar-refractivity contribution is 6.31. The maximum absolute atomic E-state index is 13.0. The first-order chi connectivity index (χ1) is 14.4. The minimum absolute atomic E-state index is 0.120. The quantitative estimate of drug-likeness (QED) is 0.493. The van der Waals surface area contributed by atoms with Gasteiger partial charge in [0.25, 0.3) is 11.6 Å². The van der Waals surface area contributed by atoms with Crippen LogP contribution in [-0.2, 0) is 0 Å². The largest absolute Gasteiger partial charge is 0.493 e. The Kier molecular flexibility index (Phi) is 6.99. The molecule has 1 saturated heterocycles. The fourth-order valence-electron chi connectivity index (χ4n) is 3.52. The number of carbonyl (C=O) groups is 1. The van der Waals surface area contributed by atoms with Crippen molar-refractivity contribution in [1.82, 2.24) is 0 Å². The van der Waals surface area contributed by atoms with Gasteiger partial charge >= 0.3 is 0 Å². The van der Waals surface area contributed by atoms with Gasteiger partial charge in [0.1, 0.15) is 5.56 Å². The van der Waals surface area contributed by atoms with Crippen molar-refractivity contribution in [3.8, 4) is 11.5 Å². The molecular formula is C21H24ClN3O5. The lowest BCUT2D eigenvalue weighted by molar-refractivity contribution is -0.385. The summed E-state index contributed by atoms with van der Waals surface area (Å²) in [6.07, 6.45) is 3.30. The maximum atomic E-state index is 13.0. The first kappa shape index (κ1) is 21.7. The summed E-state index contributed by atoms with van der Waals surface area (Å²) >= 11 is 6.16. The summed E-state index contributed by atoms with van der Waals surface area (Å²) in [6.45, 7) is 3.82. The molecule has 2 aromatic carbocycles. The predicted molar refractivity (Wildman–Crippen MR) is 116 cm³/mol. The number of nitrogens with zero attached hydrogens (tertiary/aromatic N) is 2. The number of anilines is 2. The molecule has 0 atom stereocenters. The summed E-state index contributed by atoms with van der Waals surface area (Å²) in [5.41, 5.74) is 0.868. The van der Waals surface area contributed by atoms with E-state index < -0.39 is 10.8 Å². The van der Waals surface area contributed by atoms with Gasteiger partial charge in [-0.2, -0.15) is 0 Å². The van der Waals surface area contributed by atoms with Crippen LogP contribution in [0.15, 0.2) is 30.3 Å². The van der Waals surface area contributed by atoms with E-state index >= 15 is 0 Å². The van der Waals surface area contributed by atoms with Gasteiger partial charge in [-0.1, -0.05) is 11.6 Å². The molecule has 0 radical (unpaired) electrons. The number of rotatable bonds is 7. The molecule has 160 valence electrons. The van der Waals surface area contributed by atoms with Crippen molar-refractivity contribution in [3.05, 3.63) is 51.0 Å². The highest BCUT2D eigenvalue weighted by Crippen LogP contribution is 2.36. The second-order valence-corrected chi connectivity index (χ2v) is 7.31. The van der Waals surface area contributed by atoms with Crippen molar-refractivity contribution >= 4 is 34.6 Å². The SMILES string of the molecule is CCOc1cc([N+](=O)[O-])c(C(=O)Nc2cc(Cl)ccc2N2CCCCC2)cc1OC. The number of carbonyl (C=O) groups excluding carboxylic acids is 1. The molecule has 1 aliphatic heterocycles. The van der Waals surface area contributed by atoms with E-state index in [9.17, 15) is 14.9 Å². The zero-order valence-corrected chi connectivity index (χ0v) is 17.7. The Morgan fingerprint density at radius 3 is 2.57 bits per heavy atom. The highest BCUT2D eigenvalue weighted by atomic mass is 35.5. The maximum Gasteiger partial charge on any atom is 0.286 e. The number of ether oxygens (including phenoxy) is 2. The molecule has 3 rings (SSSR count). The molecule has 30 heavy (non-hydrogen) atoms. The van der Waals surface area contributed by atoms with E-state index in [1.54, 1.807) is 19.1 Å². The third-order valence-electron chi connectivity index (χ3n) is 4.93. The van der Waals surface area contributed by atoms with E-state index in [0.29, 0.717) is 17.3 Å². The Morgan fingerprint density at radius 2 is 1.93 bits per heavy atom. The number of piperidine rings is 1. The van der Waals surface area contributed by atoms with Crippen molar-refractivity contribution in [1.29, 1.82) is 0 Å². The lowest BCUT2D eigenvalue weighted by Crippen LogP contribution is -2.30. The van der Waals surface area contributed by atoms with E-state index in [4.69, 9.17) is 21.1 Å². The van der Waals surface area contributed by atoms with E-state index in [1.807, 2.05) is 6.07 Å². The van der Waals surface area contributed by atoms with E-state index in [0.717, 1.165) is 31.6 Å². The molecule has 2 aromatic rings. The Balaban J connectivity index is 1.98. The number of methoxy groups -OCH3 is 1. The van der Waals surface area contributed by atoms with E-state index in [-0.39, 0.29) is 22.7 Å². The summed E-state index contributed by atoms with van der Waals surface area (Å²) in [5, 5.41) is 14.9. The number of nitro groups is 1. The molecule has 0 aromatic heterocycles. The van der Waals surface area contributed by atoms with Crippen LogP contribution in [-0.4, -0.2) is 37.6 Å². The van der Waals surface area contributed by atoms with Crippen molar-refractivity contribution in [2.75, 3.05) is 37.0 Å². The zero-order valence-electron chi connectivity index (χ0n) is 16.9. The minimum atomic E-state index is -0.622. The molecule has 0 aliphatic carbocycles. The summed E-state index contributed by atoms with van der Waals surface area (Å²) in [5.74, 6) is -0.168. The Labute approximate surface area is 179 Å². The van der Waals surface area contributed by atoms with Crippen LogP contribution in [0.25, 0.3) is 0 Å². The number of nitrogens with one attached hydrogen (secondary N) is 1. The van der Waals surface area contributed by atoms with Crippen LogP contribution in [0.5, 0.6) is 11.5 Å². The Morgan fingerprint density at radius 1 is 1.20 bits per heavy atom. The monoisotopic (exact) mass is 433 g/mol. The van der Waals surface area contributed by atoms with Crippen molar-refractivity contribution < 1.29 is 19.2 Å². The second-order valence-electron chi connectivity index (χ2n) is 6.87. The van der Waals surface area contributed by atoms with Gasteiger partial charge in [0.2, 0.25) is 0 Å². The van der Waals surface area contributed by atoms with Gasteiger partial charge in [0, 0.05) is 24.2 Å². The van der Waals surface area contributed by atoms with Gasteiger partial charge in [-0.05, 0) is 44.4 Å². The number of amides is 1. The van der Waals surface area contributed by atoms with Crippen molar-refractivity contribution in [2.24, 2.45) is 0 Å². The molecule has 0 bridgehead atoms. The number of benzene rings is 2. The zero-order chi connectivity index (χ0) is 21.7. The molecular weight excluding hydrogens is 410 g/mol. The topological polar surface area (TPSA) is 93.9 Å². The number of halogens is 1. The van der Waals surface area contributed by atoms with Gasteiger partial charge in [-0.15, -0.1) is 0 Å². The average molecular weight is 434 g/mol. The number of nitro benzene ring substituents is 1.